The van der Waals surface area contributed by atoms with Crippen LogP contribution in [0.4, 0.5) is 0 Å². The van der Waals surface area contributed by atoms with Gasteiger partial charge < -0.3 is 5.11 Å². The molecule has 1 amide bonds. The molecule has 0 atom stereocenters. The van der Waals surface area contributed by atoms with E-state index in [-0.39, 0.29) is 6.61 Å². The molecule has 0 aliphatic carbocycles. The summed E-state index contributed by atoms with van der Waals surface area (Å²) in [5.41, 5.74) is 0.710. The highest BCUT2D eigenvalue weighted by atomic mass is 16.3. The summed E-state index contributed by atoms with van der Waals surface area (Å²) in [4.78, 5) is 11.6. The van der Waals surface area contributed by atoms with Crippen molar-refractivity contribution >= 4 is 6.41 Å². The maximum Gasteiger partial charge on any atom is 0.217 e. The number of hydrogen-bond donors (Lipinski definition) is 1. The van der Waals surface area contributed by atoms with Gasteiger partial charge in [0, 0.05) is 12.4 Å². The van der Waals surface area contributed by atoms with E-state index in [0.717, 1.165) is 0 Å². The maximum absolute atomic E-state index is 10.3. The molecule has 0 saturated carbocycles. The van der Waals surface area contributed by atoms with Crippen LogP contribution in [0.5, 0.6) is 0 Å². The molecule has 0 aromatic heterocycles. The van der Waals surface area contributed by atoms with Gasteiger partial charge in [0.25, 0.3) is 0 Å². The van der Waals surface area contributed by atoms with Crippen molar-refractivity contribution in [3.63, 3.8) is 0 Å². The van der Waals surface area contributed by atoms with Crippen LogP contribution in [0.15, 0.2) is 36.2 Å². The van der Waals surface area contributed by atoms with E-state index in [1.165, 1.54) is 4.90 Å². The Hall–Kier alpha value is -1.35. The van der Waals surface area contributed by atoms with Crippen LogP contribution in [-0.4, -0.2) is 23.0 Å². The quantitative estimate of drug-likeness (QED) is 0.580. The first-order chi connectivity index (χ1) is 5.36. The second kappa shape index (κ2) is 3.73. The Labute approximate surface area is 64.9 Å². The lowest BCUT2D eigenvalue weighted by atomic mass is 10.3. The number of aliphatic hydroxyl groups excluding tert-OH is 1. The minimum Gasteiger partial charge on any atom is -0.392 e. The van der Waals surface area contributed by atoms with E-state index < -0.39 is 0 Å². The van der Waals surface area contributed by atoms with Crippen molar-refractivity contribution in [1.29, 1.82) is 0 Å². The highest BCUT2D eigenvalue weighted by Crippen LogP contribution is 2.03. The monoisotopic (exact) mass is 151 g/mol. The van der Waals surface area contributed by atoms with E-state index in [4.69, 9.17) is 5.11 Å². The van der Waals surface area contributed by atoms with Crippen molar-refractivity contribution < 1.29 is 9.90 Å². The van der Waals surface area contributed by atoms with Gasteiger partial charge in [-0.3, -0.25) is 9.69 Å². The molecule has 0 unspecified atom stereocenters. The largest absolute Gasteiger partial charge is 0.392 e. The molecule has 0 bridgehead atoms. The number of nitrogens with zero attached hydrogens (tertiary/aromatic N) is 1. The molecular formula is C8H9NO2. The number of carbonyl (C=O) groups is 1. The molecule has 0 saturated heterocycles. The van der Waals surface area contributed by atoms with Crippen molar-refractivity contribution in [2.75, 3.05) is 6.61 Å². The summed E-state index contributed by atoms with van der Waals surface area (Å²) in [6.07, 6.45) is 9.12. The number of amides is 1. The van der Waals surface area contributed by atoms with Gasteiger partial charge in [0.2, 0.25) is 6.41 Å². The first kappa shape index (κ1) is 7.75. The lowest BCUT2D eigenvalue weighted by molar-refractivity contribution is -0.114. The third kappa shape index (κ3) is 2.05. The van der Waals surface area contributed by atoms with Crippen LogP contribution in [0.2, 0.25) is 0 Å². The molecule has 0 aromatic carbocycles. The topological polar surface area (TPSA) is 40.5 Å². The van der Waals surface area contributed by atoms with Gasteiger partial charge in [0.05, 0.1) is 6.61 Å². The lowest BCUT2D eigenvalue weighted by Gasteiger charge is -2.04. The molecule has 0 aromatic rings. The molecule has 58 valence electrons. The summed E-state index contributed by atoms with van der Waals surface area (Å²) >= 11 is 0. The fourth-order valence-corrected chi connectivity index (χ4v) is 0.765. The van der Waals surface area contributed by atoms with Crippen molar-refractivity contribution in [1.82, 2.24) is 4.90 Å². The smallest absolute Gasteiger partial charge is 0.217 e. The molecule has 0 radical (unpaired) electrons. The number of hydrogen-bond acceptors (Lipinski definition) is 2. The van der Waals surface area contributed by atoms with Crippen molar-refractivity contribution in [2.45, 2.75) is 0 Å². The van der Waals surface area contributed by atoms with E-state index in [9.17, 15) is 4.79 Å². The van der Waals surface area contributed by atoms with E-state index in [2.05, 4.69) is 0 Å². The first-order valence-electron chi connectivity index (χ1n) is 3.26. The standard InChI is InChI=1S/C8H9NO2/c10-6-8-3-1-2-4-9(5-8)7-11/h1-5,7,10H,6H2. The van der Waals surface area contributed by atoms with Crippen molar-refractivity contribution in [3.05, 3.63) is 36.2 Å². The Balaban J connectivity index is 2.80. The zero-order chi connectivity index (χ0) is 8.10. The molecule has 1 aliphatic rings. The molecule has 0 spiro atoms. The second-order valence-electron chi connectivity index (χ2n) is 2.12. The SMILES string of the molecule is O=CN1C=CC=CC(CO)=C1. The van der Waals surface area contributed by atoms with Crippen LogP contribution in [0.1, 0.15) is 0 Å². The molecular weight excluding hydrogens is 142 g/mol. The predicted octanol–water partition coefficient (Wildman–Crippen LogP) is 0.405. The van der Waals surface area contributed by atoms with E-state index in [1.54, 1.807) is 30.6 Å². The third-order valence-electron chi connectivity index (χ3n) is 1.30. The summed E-state index contributed by atoms with van der Waals surface area (Å²) < 4.78 is 0. The Morgan fingerprint density at radius 2 is 2.36 bits per heavy atom. The molecule has 1 aliphatic heterocycles. The van der Waals surface area contributed by atoms with Crippen LogP contribution in [0.3, 0.4) is 0 Å². The summed E-state index contributed by atoms with van der Waals surface area (Å²) in [6.45, 7) is -0.0531. The minimum absolute atomic E-state index is 0.0531. The molecule has 1 N–H and O–H groups in total. The van der Waals surface area contributed by atoms with Crippen molar-refractivity contribution in [3.8, 4) is 0 Å². The average molecular weight is 151 g/mol. The van der Waals surface area contributed by atoms with Gasteiger partial charge >= 0.3 is 0 Å². The molecule has 1 heterocycles. The van der Waals surface area contributed by atoms with Gasteiger partial charge in [-0.25, -0.2) is 0 Å². The number of carbonyl (C=O) groups excluding carboxylic acids is 1. The second-order valence-corrected chi connectivity index (χ2v) is 2.12. The molecule has 1 rings (SSSR count). The van der Waals surface area contributed by atoms with Gasteiger partial charge in [-0.1, -0.05) is 12.2 Å². The molecule has 0 fully saturated rings. The first-order valence-corrected chi connectivity index (χ1v) is 3.26. The van der Waals surface area contributed by atoms with E-state index in [0.29, 0.717) is 12.0 Å². The van der Waals surface area contributed by atoms with Gasteiger partial charge in [-0.15, -0.1) is 0 Å². The number of rotatable bonds is 2. The van der Waals surface area contributed by atoms with Gasteiger partial charge in [0.1, 0.15) is 0 Å². The van der Waals surface area contributed by atoms with Gasteiger partial charge in [-0.05, 0) is 11.6 Å². The lowest BCUT2D eigenvalue weighted by Crippen LogP contribution is -2.06. The minimum atomic E-state index is -0.0531. The molecule has 11 heavy (non-hydrogen) atoms. The summed E-state index contributed by atoms with van der Waals surface area (Å²) in [7, 11) is 0. The fraction of sp³-hybridized carbons (Fsp3) is 0.125. The van der Waals surface area contributed by atoms with Crippen LogP contribution in [-0.2, 0) is 4.79 Å². The fourth-order valence-electron chi connectivity index (χ4n) is 0.765. The highest BCUT2D eigenvalue weighted by Gasteiger charge is 1.96. The number of aliphatic hydroxyl groups is 1. The van der Waals surface area contributed by atoms with Crippen LogP contribution in [0, 0.1) is 0 Å². The van der Waals surface area contributed by atoms with Gasteiger partial charge in [-0.2, -0.15) is 0 Å². The summed E-state index contributed by atoms with van der Waals surface area (Å²) in [5.74, 6) is 0. The summed E-state index contributed by atoms with van der Waals surface area (Å²) in [6, 6.07) is 0. The average Bonchev–Trinajstić information content (AvgIpc) is 2.28. The molecule has 3 heteroatoms. The zero-order valence-corrected chi connectivity index (χ0v) is 5.97. The van der Waals surface area contributed by atoms with Crippen molar-refractivity contribution in [2.24, 2.45) is 0 Å². The maximum atomic E-state index is 10.3. The number of allylic oxidation sites excluding steroid dienone is 2. The Morgan fingerprint density at radius 1 is 1.55 bits per heavy atom. The highest BCUT2D eigenvalue weighted by molar-refractivity contribution is 5.52. The normalized spacial score (nSPS) is 16.1. The predicted molar refractivity (Wildman–Crippen MR) is 41.4 cm³/mol. The van der Waals surface area contributed by atoms with Crippen LogP contribution in [0.25, 0.3) is 0 Å². The van der Waals surface area contributed by atoms with E-state index in [1.807, 2.05) is 0 Å². The zero-order valence-electron chi connectivity index (χ0n) is 5.97. The summed E-state index contributed by atoms with van der Waals surface area (Å²) in [5, 5.41) is 8.74. The van der Waals surface area contributed by atoms with E-state index >= 15 is 0 Å². The van der Waals surface area contributed by atoms with Crippen LogP contribution < -0.4 is 0 Å². The molecule has 3 nitrogen and oxygen atoms in total. The Morgan fingerprint density at radius 3 is 3.00 bits per heavy atom. The van der Waals surface area contributed by atoms with Gasteiger partial charge in [0.15, 0.2) is 0 Å². The van der Waals surface area contributed by atoms with Crippen LogP contribution >= 0.6 is 0 Å². The third-order valence-corrected chi connectivity index (χ3v) is 1.30. The Bertz CT molecular complexity index is 228. The Kier molecular flexibility index (Phi) is 2.63.